The predicted molar refractivity (Wildman–Crippen MR) is 52.1 cm³/mol. The molecule has 0 radical (unpaired) electrons. The highest BCUT2D eigenvalue weighted by Crippen LogP contribution is 2.28. The summed E-state index contributed by atoms with van der Waals surface area (Å²) in [6.07, 6.45) is 1.32. The van der Waals surface area contributed by atoms with Gasteiger partial charge in [0.05, 0.1) is 18.3 Å². The Morgan fingerprint density at radius 2 is 2.23 bits per heavy atom. The van der Waals surface area contributed by atoms with Crippen molar-refractivity contribution in [3.63, 3.8) is 0 Å². The van der Waals surface area contributed by atoms with Crippen molar-refractivity contribution in [2.24, 2.45) is 5.16 Å². The summed E-state index contributed by atoms with van der Waals surface area (Å²) in [5.74, 6) is 0.650. The van der Waals surface area contributed by atoms with Gasteiger partial charge in [0.25, 0.3) is 0 Å². The number of aryl methyl sites for hydroxylation is 1. The first-order valence-electron chi connectivity index (χ1n) is 3.70. The van der Waals surface area contributed by atoms with Crippen LogP contribution in [0.4, 0.5) is 0 Å². The van der Waals surface area contributed by atoms with E-state index in [0.717, 1.165) is 11.1 Å². The Morgan fingerprint density at radius 3 is 2.69 bits per heavy atom. The van der Waals surface area contributed by atoms with Crippen molar-refractivity contribution in [1.29, 1.82) is 0 Å². The number of oxime groups is 1. The van der Waals surface area contributed by atoms with Gasteiger partial charge in [0.2, 0.25) is 0 Å². The van der Waals surface area contributed by atoms with Gasteiger partial charge in [-0.1, -0.05) is 16.8 Å². The van der Waals surface area contributed by atoms with Crippen LogP contribution in [0.1, 0.15) is 11.1 Å². The molecule has 1 aromatic carbocycles. The fourth-order valence-corrected chi connectivity index (χ4v) is 1.51. The van der Waals surface area contributed by atoms with Gasteiger partial charge in [0.1, 0.15) is 5.75 Å². The lowest BCUT2D eigenvalue weighted by atomic mass is 10.1. The minimum absolute atomic E-state index is 0.511. The lowest BCUT2D eigenvalue weighted by molar-refractivity contribution is 0.322. The van der Waals surface area contributed by atoms with E-state index in [2.05, 4.69) is 5.16 Å². The van der Waals surface area contributed by atoms with Crippen molar-refractivity contribution in [3.8, 4) is 5.75 Å². The van der Waals surface area contributed by atoms with E-state index >= 15 is 0 Å². The van der Waals surface area contributed by atoms with Crippen molar-refractivity contribution in [2.75, 3.05) is 7.11 Å². The van der Waals surface area contributed by atoms with Crippen molar-refractivity contribution in [1.82, 2.24) is 0 Å². The first-order valence-corrected chi connectivity index (χ1v) is 4.08. The minimum Gasteiger partial charge on any atom is -0.495 e. The van der Waals surface area contributed by atoms with Gasteiger partial charge in [0.15, 0.2) is 0 Å². The molecule has 0 saturated heterocycles. The maximum Gasteiger partial charge on any atom is 0.140 e. The van der Waals surface area contributed by atoms with E-state index in [1.165, 1.54) is 6.21 Å². The molecule has 13 heavy (non-hydrogen) atoms. The Kier molecular flexibility index (Phi) is 3.14. The molecule has 3 nitrogen and oxygen atoms in total. The summed E-state index contributed by atoms with van der Waals surface area (Å²) in [5.41, 5.74) is 1.65. The van der Waals surface area contributed by atoms with Crippen LogP contribution in [0, 0.1) is 6.92 Å². The molecule has 0 fully saturated rings. The largest absolute Gasteiger partial charge is 0.495 e. The maximum atomic E-state index is 8.32. The zero-order valence-corrected chi connectivity index (χ0v) is 8.17. The van der Waals surface area contributed by atoms with Crippen LogP contribution in [-0.2, 0) is 0 Å². The van der Waals surface area contributed by atoms with Crippen molar-refractivity contribution in [3.05, 3.63) is 28.3 Å². The lowest BCUT2D eigenvalue weighted by Gasteiger charge is -2.07. The van der Waals surface area contributed by atoms with Gasteiger partial charge >= 0.3 is 0 Å². The molecule has 1 N–H and O–H groups in total. The zero-order valence-electron chi connectivity index (χ0n) is 7.41. The molecule has 0 atom stereocenters. The molecule has 0 aliphatic carbocycles. The third-order valence-electron chi connectivity index (χ3n) is 1.66. The molecular formula is C9H10ClNO2. The van der Waals surface area contributed by atoms with E-state index in [4.69, 9.17) is 21.5 Å². The van der Waals surface area contributed by atoms with Crippen LogP contribution in [-0.4, -0.2) is 18.5 Å². The molecule has 0 saturated carbocycles. The fraction of sp³-hybridized carbons (Fsp3) is 0.222. The van der Waals surface area contributed by atoms with Gasteiger partial charge in [-0.3, -0.25) is 0 Å². The monoisotopic (exact) mass is 199 g/mol. The summed E-state index contributed by atoms with van der Waals surface area (Å²) >= 11 is 5.90. The molecule has 1 aromatic rings. The second-order valence-corrected chi connectivity index (χ2v) is 3.00. The van der Waals surface area contributed by atoms with Crippen LogP contribution in [0.2, 0.25) is 5.02 Å². The average molecular weight is 200 g/mol. The van der Waals surface area contributed by atoms with E-state index in [0.29, 0.717) is 10.8 Å². The lowest BCUT2D eigenvalue weighted by Crippen LogP contribution is -1.91. The molecule has 0 heterocycles. The predicted octanol–water partition coefficient (Wildman–Crippen LogP) is 2.47. The van der Waals surface area contributed by atoms with Crippen molar-refractivity contribution < 1.29 is 9.94 Å². The van der Waals surface area contributed by atoms with Crippen LogP contribution in [0.15, 0.2) is 17.3 Å². The minimum atomic E-state index is 0.511. The maximum absolute atomic E-state index is 8.32. The Hall–Kier alpha value is -1.22. The highest BCUT2D eigenvalue weighted by Gasteiger charge is 2.05. The molecule has 0 amide bonds. The third-order valence-corrected chi connectivity index (χ3v) is 1.94. The number of benzene rings is 1. The number of hydrogen-bond donors (Lipinski definition) is 1. The standard InChI is InChI=1S/C9H10ClNO2/c1-6-3-7(5-11-12)4-8(10)9(6)13-2/h3-5,12H,1-2H3/b11-5-. The van der Waals surface area contributed by atoms with Gasteiger partial charge in [-0.25, -0.2) is 0 Å². The number of methoxy groups -OCH3 is 1. The molecule has 0 bridgehead atoms. The van der Waals surface area contributed by atoms with Gasteiger partial charge in [-0.2, -0.15) is 0 Å². The second-order valence-electron chi connectivity index (χ2n) is 2.60. The summed E-state index contributed by atoms with van der Waals surface area (Å²) in [7, 11) is 1.56. The smallest absolute Gasteiger partial charge is 0.140 e. The summed E-state index contributed by atoms with van der Waals surface area (Å²) in [6, 6.07) is 3.50. The van der Waals surface area contributed by atoms with E-state index in [1.54, 1.807) is 13.2 Å². The molecule has 70 valence electrons. The van der Waals surface area contributed by atoms with E-state index in [-0.39, 0.29) is 0 Å². The number of nitrogens with zero attached hydrogens (tertiary/aromatic N) is 1. The number of halogens is 1. The van der Waals surface area contributed by atoms with E-state index in [1.807, 2.05) is 13.0 Å². The molecular weight excluding hydrogens is 190 g/mol. The van der Waals surface area contributed by atoms with Crippen LogP contribution in [0.25, 0.3) is 0 Å². The molecule has 1 rings (SSSR count). The van der Waals surface area contributed by atoms with Gasteiger partial charge in [-0.05, 0) is 30.2 Å². The number of hydrogen-bond acceptors (Lipinski definition) is 3. The van der Waals surface area contributed by atoms with Crippen molar-refractivity contribution in [2.45, 2.75) is 6.92 Å². The topological polar surface area (TPSA) is 41.8 Å². The first kappa shape index (κ1) is 9.86. The Bertz CT molecular complexity index is 313. The van der Waals surface area contributed by atoms with Crippen LogP contribution >= 0.6 is 11.6 Å². The van der Waals surface area contributed by atoms with Crippen LogP contribution < -0.4 is 4.74 Å². The van der Waals surface area contributed by atoms with Gasteiger partial charge in [-0.15, -0.1) is 0 Å². The van der Waals surface area contributed by atoms with Crippen molar-refractivity contribution >= 4 is 17.8 Å². The summed E-state index contributed by atoms with van der Waals surface area (Å²) < 4.78 is 5.07. The van der Waals surface area contributed by atoms with Gasteiger partial charge < -0.3 is 9.94 Å². The Labute approximate surface area is 81.6 Å². The SMILES string of the molecule is COc1c(C)cc(/C=N\O)cc1Cl. The highest BCUT2D eigenvalue weighted by atomic mass is 35.5. The average Bonchev–Trinajstić information content (AvgIpc) is 2.04. The third kappa shape index (κ3) is 2.12. The number of ether oxygens (including phenoxy) is 1. The Balaban J connectivity index is 3.20. The second kappa shape index (κ2) is 4.14. The molecule has 0 spiro atoms. The first-order chi connectivity index (χ1) is 6.19. The quantitative estimate of drug-likeness (QED) is 0.452. The molecule has 0 unspecified atom stereocenters. The highest BCUT2D eigenvalue weighted by molar-refractivity contribution is 6.32. The van der Waals surface area contributed by atoms with Crippen LogP contribution in [0.3, 0.4) is 0 Å². The molecule has 0 aliphatic heterocycles. The molecule has 4 heteroatoms. The van der Waals surface area contributed by atoms with E-state index in [9.17, 15) is 0 Å². The van der Waals surface area contributed by atoms with E-state index < -0.39 is 0 Å². The summed E-state index contributed by atoms with van der Waals surface area (Å²) in [5, 5.41) is 11.8. The fourth-order valence-electron chi connectivity index (χ4n) is 1.16. The normalized spacial score (nSPS) is 10.7. The summed E-state index contributed by atoms with van der Waals surface area (Å²) in [4.78, 5) is 0. The van der Waals surface area contributed by atoms with Crippen LogP contribution in [0.5, 0.6) is 5.75 Å². The Morgan fingerprint density at radius 1 is 1.54 bits per heavy atom. The summed E-state index contributed by atoms with van der Waals surface area (Å²) in [6.45, 7) is 1.87. The molecule has 0 aromatic heterocycles. The number of rotatable bonds is 2. The molecule has 0 aliphatic rings. The van der Waals surface area contributed by atoms with Gasteiger partial charge in [0, 0.05) is 0 Å². The zero-order chi connectivity index (χ0) is 9.84.